The summed E-state index contributed by atoms with van der Waals surface area (Å²) in [6.45, 7) is 5.97. The lowest BCUT2D eigenvalue weighted by atomic mass is 10.1. The number of carbonyl (C=O) groups is 2. The fourth-order valence-electron chi connectivity index (χ4n) is 2.57. The van der Waals surface area contributed by atoms with E-state index >= 15 is 0 Å². The summed E-state index contributed by atoms with van der Waals surface area (Å²) in [6, 6.07) is 7.32. The second-order valence-electron chi connectivity index (χ2n) is 5.83. The van der Waals surface area contributed by atoms with E-state index in [-0.39, 0.29) is 11.8 Å². The van der Waals surface area contributed by atoms with Gasteiger partial charge in [0.05, 0.1) is 5.69 Å². The van der Waals surface area contributed by atoms with Gasteiger partial charge in [-0.25, -0.2) is 0 Å². The molecule has 0 aliphatic carbocycles. The predicted octanol–water partition coefficient (Wildman–Crippen LogP) is 1.99. The third kappa shape index (κ3) is 4.22. The summed E-state index contributed by atoms with van der Waals surface area (Å²) in [6.07, 6.45) is 1.81. The quantitative estimate of drug-likeness (QED) is 0.824. The van der Waals surface area contributed by atoms with Crippen LogP contribution in [0.25, 0.3) is 0 Å². The molecule has 0 bridgehead atoms. The maximum atomic E-state index is 12.0. The van der Waals surface area contributed by atoms with E-state index in [0.29, 0.717) is 18.4 Å². The fraction of sp³-hybridized carbons (Fsp3) is 0.389. The molecule has 0 spiro atoms. The molecule has 1 aromatic carbocycles. The lowest BCUT2D eigenvalue weighted by Gasteiger charge is -2.08. The summed E-state index contributed by atoms with van der Waals surface area (Å²) >= 11 is 0. The van der Waals surface area contributed by atoms with Crippen LogP contribution in [0.2, 0.25) is 0 Å². The van der Waals surface area contributed by atoms with Crippen LogP contribution >= 0.6 is 0 Å². The Balaban J connectivity index is 1.83. The number of amides is 2. The molecule has 1 heterocycles. The zero-order valence-electron chi connectivity index (χ0n) is 14.6. The minimum atomic E-state index is -0.320. The Morgan fingerprint density at radius 1 is 1.12 bits per heavy atom. The van der Waals surface area contributed by atoms with Crippen LogP contribution in [0.5, 0.6) is 0 Å². The number of hydrogen-bond acceptors (Lipinski definition) is 3. The van der Waals surface area contributed by atoms with E-state index in [1.165, 1.54) is 0 Å². The molecule has 2 rings (SSSR count). The van der Waals surface area contributed by atoms with Crippen molar-refractivity contribution in [2.24, 2.45) is 7.05 Å². The van der Waals surface area contributed by atoms with Gasteiger partial charge in [-0.15, -0.1) is 0 Å². The minimum absolute atomic E-state index is 0.226. The Morgan fingerprint density at radius 3 is 2.33 bits per heavy atom. The van der Waals surface area contributed by atoms with Crippen LogP contribution in [0.3, 0.4) is 0 Å². The van der Waals surface area contributed by atoms with Crippen molar-refractivity contribution < 1.29 is 9.59 Å². The first-order valence-electron chi connectivity index (χ1n) is 8.09. The van der Waals surface area contributed by atoms with Gasteiger partial charge in [-0.1, -0.05) is 19.1 Å². The molecule has 0 aliphatic rings. The molecule has 0 atom stereocenters. The van der Waals surface area contributed by atoms with Crippen molar-refractivity contribution >= 4 is 11.8 Å². The van der Waals surface area contributed by atoms with E-state index in [1.54, 1.807) is 12.1 Å². The van der Waals surface area contributed by atoms with Gasteiger partial charge in [-0.05, 0) is 49.9 Å². The van der Waals surface area contributed by atoms with Gasteiger partial charge in [0.25, 0.3) is 5.91 Å². The number of nitrogens with zero attached hydrogens (tertiary/aromatic N) is 2. The van der Waals surface area contributed by atoms with Crippen molar-refractivity contribution in [3.8, 4) is 0 Å². The van der Waals surface area contributed by atoms with Crippen LogP contribution in [0, 0.1) is 13.8 Å². The molecule has 0 unspecified atom stereocenters. The highest BCUT2D eigenvalue weighted by atomic mass is 16.2. The molecule has 0 fully saturated rings. The van der Waals surface area contributed by atoms with Crippen LogP contribution in [-0.4, -0.2) is 21.6 Å². The van der Waals surface area contributed by atoms with Gasteiger partial charge < -0.3 is 0 Å². The molecule has 0 aliphatic heterocycles. The van der Waals surface area contributed by atoms with Crippen molar-refractivity contribution in [3.05, 3.63) is 52.3 Å². The Labute approximate surface area is 142 Å². The smallest absolute Gasteiger partial charge is 0.269 e. The summed E-state index contributed by atoms with van der Waals surface area (Å²) in [7, 11) is 1.88. The van der Waals surface area contributed by atoms with Crippen molar-refractivity contribution in [1.29, 1.82) is 0 Å². The normalized spacial score (nSPS) is 10.5. The Morgan fingerprint density at radius 2 is 1.79 bits per heavy atom. The van der Waals surface area contributed by atoms with E-state index in [2.05, 4.69) is 22.9 Å². The van der Waals surface area contributed by atoms with Gasteiger partial charge in [0.2, 0.25) is 5.91 Å². The van der Waals surface area contributed by atoms with Gasteiger partial charge in [-0.3, -0.25) is 25.1 Å². The number of aryl methyl sites for hydroxylation is 3. The molecule has 128 valence electrons. The summed E-state index contributed by atoms with van der Waals surface area (Å²) in [4.78, 5) is 23.9. The lowest BCUT2D eigenvalue weighted by molar-refractivity contribution is -0.121. The molecule has 0 saturated heterocycles. The first-order valence-corrected chi connectivity index (χ1v) is 8.09. The zero-order chi connectivity index (χ0) is 17.7. The van der Waals surface area contributed by atoms with E-state index in [0.717, 1.165) is 28.9 Å². The van der Waals surface area contributed by atoms with Crippen LogP contribution in [0.15, 0.2) is 24.3 Å². The predicted molar refractivity (Wildman–Crippen MR) is 92.4 cm³/mol. The van der Waals surface area contributed by atoms with Crippen molar-refractivity contribution in [1.82, 2.24) is 20.6 Å². The average molecular weight is 328 g/mol. The minimum Gasteiger partial charge on any atom is -0.273 e. The average Bonchev–Trinajstić information content (AvgIpc) is 2.83. The number of benzene rings is 1. The summed E-state index contributed by atoms with van der Waals surface area (Å²) in [5.41, 5.74) is 9.66. The summed E-state index contributed by atoms with van der Waals surface area (Å²) in [5, 5.41) is 4.33. The number of aromatic nitrogens is 2. The summed E-state index contributed by atoms with van der Waals surface area (Å²) in [5.74, 6) is -0.545. The maximum Gasteiger partial charge on any atom is 0.269 e. The molecular formula is C18H24N4O2. The molecule has 2 amide bonds. The molecule has 6 heteroatoms. The van der Waals surface area contributed by atoms with Gasteiger partial charge >= 0.3 is 0 Å². The second-order valence-corrected chi connectivity index (χ2v) is 5.83. The van der Waals surface area contributed by atoms with Crippen LogP contribution in [0.1, 0.15) is 46.2 Å². The highest BCUT2D eigenvalue weighted by Crippen LogP contribution is 2.13. The standard InChI is InChI=1S/C18H24N4O2/c1-5-14-6-8-15(9-7-14)18(24)20-19-17(23)11-10-16-12(2)21-22(4)13(16)3/h6-9H,5,10-11H2,1-4H3,(H,19,23)(H,20,24). The Hall–Kier alpha value is -2.63. The van der Waals surface area contributed by atoms with E-state index in [9.17, 15) is 9.59 Å². The van der Waals surface area contributed by atoms with Crippen molar-refractivity contribution in [2.75, 3.05) is 0 Å². The van der Waals surface area contributed by atoms with E-state index in [4.69, 9.17) is 0 Å². The van der Waals surface area contributed by atoms with Gasteiger partial charge in [0.15, 0.2) is 0 Å². The lowest BCUT2D eigenvalue weighted by Crippen LogP contribution is -2.41. The molecule has 2 N–H and O–H groups in total. The zero-order valence-corrected chi connectivity index (χ0v) is 14.6. The van der Waals surface area contributed by atoms with E-state index in [1.807, 2.05) is 37.7 Å². The van der Waals surface area contributed by atoms with Crippen molar-refractivity contribution in [2.45, 2.75) is 40.0 Å². The third-order valence-corrected chi connectivity index (χ3v) is 4.20. The molecule has 0 radical (unpaired) electrons. The Bertz CT molecular complexity index is 732. The van der Waals surface area contributed by atoms with Crippen molar-refractivity contribution in [3.63, 3.8) is 0 Å². The van der Waals surface area contributed by atoms with Crippen LogP contribution in [-0.2, 0) is 24.7 Å². The first kappa shape index (κ1) is 17.7. The Kier molecular flexibility index (Phi) is 5.73. The first-order chi connectivity index (χ1) is 11.4. The molecule has 0 saturated carbocycles. The van der Waals surface area contributed by atoms with Gasteiger partial charge in [-0.2, -0.15) is 5.10 Å². The molecule has 6 nitrogen and oxygen atoms in total. The number of carbonyl (C=O) groups excluding carboxylic acids is 2. The number of nitrogens with one attached hydrogen (secondary N) is 2. The van der Waals surface area contributed by atoms with Gasteiger partial charge in [0.1, 0.15) is 0 Å². The maximum absolute atomic E-state index is 12.0. The molecule has 24 heavy (non-hydrogen) atoms. The molecule has 1 aromatic heterocycles. The molecule has 2 aromatic rings. The topological polar surface area (TPSA) is 76.0 Å². The third-order valence-electron chi connectivity index (χ3n) is 4.20. The number of hydrogen-bond donors (Lipinski definition) is 2. The highest BCUT2D eigenvalue weighted by Gasteiger charge is 2.12. The number of rotatable bonds is 5. The van der Waals surface area contributed by atoms with E-state index < -0.39 is 0 Å². The summed E-state index contributed by atoms with van der Waals surface area (Å²) < 4.78 is 1.81. The highest BCUT2D eigenvalue weighted by molar-refractivity contribution is 5.95. The van der Waals surface area contributed by atoms with Gasteiger partial charge in [0, 0.05) is 24.7 Å². The monoisotopic (exact) mass is 328 g/mol. The fourth-order valence-corrected chi connectivity index (χ4v) is 2.57. The van der Waals surface area contributed by atoms with Crippen LogP contribution < -0.4 is 10.9 Å². The largest absolute Gasteiger partial charge is 0.273 e. The number of hydrazine groups is 1. The SMILES string of the molecule is CCc1ccc(C(=O)NNC(=O)CCc2c(C)nn(C)c2C)cc1. The van der Waals surface area contributed by atoms with Crippen LogP contribution in [0.4, 0.5) is 0 Å². The molecular weight excluding hydrogens is 304 g/mol. The second kappa shape index (κ2) is 7.77.